The molecule has 3 aromatic carbocycles. The van der Waals surface area contributed by atoms with Crippen LogP contribution in [0.1, 0.15) is 5.01 Å². The fourth-order valence-electron chi connectivity index (χ4n) is 3.07. The molecule has 29 heavy (non-hydrogen) atoms. The Morgan fingerprint density at radius 3 is 2.66 bits per heavy atom. The highest BCUT2D eigenvalue weighted by molar-refractivity contribution is 7.19. The zero-order valence-electron chi connectivity index (χ0n) is 15.2. The van der Waals surface area contributed by atoms with Crippen LogP contribution in [-0.4, -0.2) is 15.9 Å². The van der Waals surface area contributed by atoms with E-state index in [9.17, 15) is 4.79 Å². The number of fused-ring (bicyclic) bond motifs is 2. The number of aromatic nitrogens is 2. The highest BCUT2D eigenvalue weighted by Crippen LogP contribution is 2.28. The molecule has 0 saturated heterocycles. The summed E-state index contributed by atoms with van der Waals surface area (Å²) in [5.74, 6) is -0.219. The SMILES string of the molecule is O=C(/C=C/c1nc2ccccc2s1)Nc1nc(-c2ccc3ccccc3c2)cs1. The summed E-state index contributed by atoms with van der Waals surface area (Å²) in [4.78, 5) is 21.3. The molecule has 2 aromatic heterocycles. The van der Waals surface area contributed by atoms with E-state index in [-0.39, 0.29) is 5.91 Å². The van der Waals surface area contributed by atoms with Crippen LogP contribution in [0.4, 0.5) is 5.13 Å². The largest absolute Gasteiger partial charge is 0.298 e. The third-order valence-corrected chi connectivity index (χ3v) is 6.23. The summed E-state index contributed by atoms with van der Waals surface area (Å²) in [7, 11) is 0. The number of nitrogens with zero attached hydrogens (tertiary/aromatic N) is 2. The first-order valence-corrected chi connectivity index (χ1v) is 10.7. The normalized spacial score (nSPS) is 11.4. The lowest BCUT2D eigenvalue weighted by Crippen LogP contribution is -2.07. The molecule has 0 fully saturated rings. The maximum atomic E-state index is 12.3. The van der Waals surface area contributed by atoms with E-state index < -0.39 is 0 Å². The van der Waals surface area contributed by atoms with Crippen molar-refractivity contribution in [3.05, 3.63) is 83.2 Å². The zero-order chi connectivity index (χ0) is 19.6. The maximum absolute atomic E-state index is 12.3. The first kappa shape index (κ1) is 17.7. The van der Waals surface area contributed by atoms with Gasteiger partial charge in [-0.1, -0.05) is 48.5 Å². The molecule has 0 radical (unpaired) electrons. The average Bonchev–Trinajstić information content (AvgIpc) is 3.38. The molecule has 5 rings (SSSR count). The Balaban J connectivity index is 1.30. The van der Waals surface area contributed by atoms with Crippen LogP contribution in [0.25, 0.3) is 38.3 Å². The monoisotopic (exact) mass is 413 g/mol. The first-order chi connectivity index (χ1) is 14.2. The molecule has 0 aliphatic heterocycles. The Morgan fingerprint density at radius 2 is 1.76 bits per heavy atom. The van der Waals surface area contributed by atoms with Crippen molar-refractivity contribution in [1.29, 1.82) is 0 Å². The minimum absolute atomic E-state index is 0.219. The quantitative estimate of drug-likeness (QED) is 0.356. The summed E-state index contributed by atoms with van der Waals surface area (Å²) >= 11 is 2.97. The van der Waals surface area contributed by atoms with E-state index in [2.05, 4.69) is 45.6 Å². The standard InChI is InChI=1S/C23H15N3OS2/c27-21(11-12-22-24-18-7-3-4-8-20(18)29-22)26-23-25-19(14-28-23)17-10-9-15-5-1-2-6-16(15)13-17/h1-14H,(H,25,26,27)/b12-11+. The number of hydrogen-bond acceptors (Lipinski definition) is 5. The summed E-state index contributed by atoms with van der Waals surface area (Å²) in [5, 5.41) is 8.53. The van der Waals surface area contributed by atoms with Gasteiger partial charge in [-0.3, -0.25) is 10.1 Å². The molecule has 1 N–H and O–H groups in total. The average molecular weight is 414 g/mol. The molecular weight excluding hydrogens is 398 g/mol. The first-order valence-electron chi connectivity index (χ1n) is 9.04. The van der Waals surface area contributed by atoms with Crippen LogP contribution in [-0.2, 0) is 4.79 Å². The van der Waals surface area contributed by atoms with E-state index in [1.54, 1.807) is 17.4 Å². The number of benzene rings is 3. The Morgan fingerprint density at radius 1 is 0.931 bits per heavy atom. The second kappa shape index (κ2) is 7.58. The number of anilines is 1. The van der Waals surface area contributed by atoms with Crippen LogP contribution in [0.5, 0.6) is 0 Å². The van der Waals surface area contributed by atoms with E-state index in [4.69, 9.17) is 0 Å². The topological polar surface area (TPSA) is 54.9 Å². The molecule has 2 heterocycles. The smallest absolute Gasteiger partial charge is 0.250 e. The molecule has 1 amide bonds. The van der Waals surface area contributed by atoms with Gasteiger partial charge in [-0.05, 0) is 35.0 Å². The molecule has 140 valence electrons. The number of rotatable bonds is 4. The van der Waals surface area contributed by atoms with Crippen LogP contribution in [0.3, 0.4) is 0 Å². The predicted molar refractivity (Wildman–Crippen MR) is 122 cm³/mol. The number of carbonyl (C=O) groups excluding carboxylic acids is 1. The molecule has 0 aliphatic rings. The summed E-state index contributed by atoms with van der Waals surface area (Å²) in [5.41, 5.74) is 2.83. The number of hydrogen-bond donors (Lipinski definition) is 1. The summed E-state index contributed by atoms with van der Waals surface area (Å²) in [6, 6.07) is 22.4. The van der Waals surface area contributed by atoms with Gasteiger partial charge in [0.15, 0.2) is 5.13 Å². The maximum Gasteiger partial charge on any atom is 0.250 e. The van der Waals surface area contributed by atoms with Crippen molar-refractivity contribution in [3.63, 3.8) is 0 Å². The lowest BCUT2D eigenvalue weighted by Gasteiger charge is -2.01. The van der Waals surface area contributed by atoms with E-state index in [1.807, 2.05) is 41.8 Å². The van der Waals surface area contributed by atoms with E-state index in [0.29, 0.717) is 5.13 Å². The number of amides is 1. The molecule has 0 atom stereocenters. The second-order valence-corrected chi connectivity index (χ2v) is 8.36. The van der Waals surface area contributed by atoms with Gasteiger partial charge in [-0.15, -0.1) is 22.7 Å². The summed E-state index contributed by atoms with van der Waals surface area (Å²) in [6.45, 7) is 0. The molecule has 4 nitrogen and oxygen atoms in total. The van der Waals surface area contributed by atoms with Gasteiger partial charge in [0.25, 0.3) is 0 Å². The lowest BCUT2D eigenvalue weighted by molar-refractivity contribution is -0.111. The van der Waals surface area contributed by atoms with Crippen molar-refractivity contribution in [2.75, 3.05) is 5.32 Å². The van der Waals surface area contributed by atoms with Gasteiger partial charge in [-0.2, -0.15) is 0 Å². The van der Waals surface area contributed by atoms with E-state index in [1.165, 1.54) is 28.2 Å². The Hall–Kier alpha value is -3.35. The van der Waals surface area contributed by atoms with Crippen molar-refractivity contribution in [2.24, 2.45) is 0 Å². The van der Waals surface area contributed by atoms with Crippen LogP contribution in [0.15, 0.2) is 78.2 Å². The van der Waals surface area contributed by atoms with Crippen LogP contribution in [0.2, 0.25) is 0 Å². The summed E-state index contributed by atoms with van der Waals surface area (Å²) < 4.78 is 1.10. The van der Waals surface area contributed by atoms with Crippen molar-refractivity contribution < 1.29 is 4.79 Å². The number of para-hydroxylation sites is 1. The zero-order valence-corrected chi connectivity index (χ0v) is 16.8. The highest BCUT2D eigenvalue weighted by atomic mass is 32.1. The third kappa shape index (κ3) is 3.81. The molecular formula is C23H15N3OS2. The van der Waals surface area contributed by atoms with Crippen LogP contribution >= 0.6 is 22.7 Å². The van der Waals surface area contributed by atoms with Gasteiger partial charge in [0, 0.05) is 17.0 Å². The molecule has 5 aromatic rings. The lowest BCUT2D eigenvalue weighted by atomic mass is 10.1. The van der Waals surface area contributed by atoms with Gasteiger partial charge in [0.2, 0.25) is 5.91 Å². The minimum atomic E-state index is -0.219. The Labute approximate surface area is 175 Å². The Kier molecular flexibility index (Phi) is 4.63. The highest BCUT2D eigenvalue weighted by Gasteiger charge is 2.08. The molecule has 0 unspecified atom stereocenters. The number of nitrogens with one attached hydrogen (secondary N) is 1. The molecule has 0 spiro atoms. The minimum Gasteiger partial charge on any atom is -0.298 e. The van der Waals surface area contributed by atoms with Crippen LogP contribution < -0.4 is 5.32 Å². The van der Waals surface area contributed by atoms with Gasteiger partial charge < -0.3 is 0 Å². The molecule has 0 saturated carbocycles. The Bertz CT molecular complexity index is 1330. The van der Waals surface area contributed by atoms with E-state index >= 15 is 0 Å². The fraction of sp³-hybridized carbons (Fsp3) is 0. The molecule has 0 aliphatic carbocycles. The fourth-order valence-corrected chi connectivity index (χ4v) is 4.66. The van der Waals surface area contributed by atoms with Gasteiger partial charge in [-0.25, -0.2) is 9.97 Å². The second-order valence-electron chi connectivity index (χ2n) is 6.44. The van der Waals surface area contributed by atoms with E-state index in [0.717, 1.165) is 26.5 Å². The molecule has 6 heteroatoms. The number of thiazole rings is 2. The van der Waals surface area contributed by atoms with Gasteiger partial charge in [0.05, 0.1) is 15.9 Å². The number of carbonyl (C=O) groups is 1. The van der Waals surface area contributed by atoms with Crippen molar-refractivity contribution in [3.8, 4) is 11.3 Å². The third-order valence-electron chi connectivity index (χ3n) is 4.47. The van der Waals surface area contributed by atoms with Crippen molar-refractivity contribution in [1.82, 2.24) is 9.97 Å². The van der Waals surface area contributed by atoms with Crippen molar-refractivity contribution in [2.45, 2.75) is 0 Å². The van der Waals surface area contributed by atoms with Crippen molar-refractivity contribution >= 4 is 60.8 Å². The summed E-state index contributed by atoms with van der Waals surface area (Å²) in [6.07, 6.45) is 3.23. The predicted octanol–water partition coefficient (Wildman–Crippen LogP) is 6.22. The van der Waals surface area contributed by atoms with Gasteiger partial charge >= 0.3 is 0 Å². The molecule has 0 bridgehead atoms. The van der Waals surface area contributed by atoms with Gasteiger partial charge in [0.1, 0.15) is 5.01 Å². The van der Waals surface area contributed by atoms with Crippen LogP contribution in [0, 0.1) is 0 Å².